The second-order valence-electron chi connectivity index (χ2n) is 8.89. The van der Waals surface area contributed by atoms with Crippen molar-refractivity contribution in [1.82, 2.24) is 19.5 Å². The molecule has 34 heavy (non-hydrogen) atoms. The van der Waals surface area contributed by atoms with Gasteiger partial charge in [0.25, 0.3) is 5.71 Å². The summed E-state index contributed by atoms with van der Waals surface area (Å²) in [6.45, 7) is 3.80. The first-order chi connectivity index (χ1) is 16.3. The number of carbonyl (C=O) groups is 1. The Morgan fingerprint density at radius 3 is 2.59 bits per heavy atom. The Hall–Kier alpha value is -4.04. The largest absolute Gasteiger partial charge is 0.418 e. The Kier molecular flexibility index (Phi) is 5.17. The number of hydrogen-bond acceptors (Lipinski definition) is 7. The number of pyridine rings is 1. The van der Waals surface area contributed by atoms with Crippen LogP contribution < -0.4 is 11.1 Å². The highest BCUT2D eigenvalue weighted by atomic mass is 16.4. The number of oxazole rings is 1. The molecule has 8 heteroatoms. The van der Waals surface area contributed by atoms with Crippen LogP contribution in [0.15, 0.2) is 65.3 Å². The van der Waals surface area contributed by atoms with E-state index < -0.39 is 11.5 Å². The molecule has 1 unspecified atom stereocenters. The summed E-state index contributed by atoms with van der Waals surface area (Å²) in [6.07, 6.45) is 1.72. The van der Waals surface area contributed by atoms with Crippen LogP contribution in [-0.2, 0) is 17.3 Å². The Morgan fingerprint density at radius 2 is 1.85 bits per heavy atom. The number of benzene rings is 2. The number of fused-ring (bicyclic) bond motifs is 3. The molecule has 0 bridgehead atoms. The molecular formula is C26H26N6O2. The first kappa shape index (κ1) is 21.8. The van der Waals surface area contributed by atoms with Gasteiger partial charge in [0.05, 0.1) is 17.8 Å². The van der Waals surface area contributed by atoms with Crippen molar-refractivity contribution in [2.24, 2.45) is 12.8 Å². The fraction of sp³-hybridized carbons (Fsp3) is 0.231. The summed E-state index contributed by atoms with van der Waals surface area (Å²) in [5.41, 5.74) is 10.7. The van der Waals surface area contributed by atoms with Gasteiger partial charge in [-0.05, 0) is 37.1 Å². The summed E-state index contributed by atoms with van der Waals surface area (Å²) in [6, 6.07) is 16.3. The van der Waals surface area contributed by atoms with Gasteiger partial charge in [-0.15, -0.1) is 0 Å². The number of ketones is 1. The molecule has 172 valence electrons. The van der Waals surface area contributed by atoms with E-state index in [9.17, 15) is 4.79 Å². The lowest BCUT2D eigenvalue weighted by Crippen LogP contribution is -2.37. The third-order valence-electron chi connectivity index (χ3n) is 6.33. The minimum atomic E-state index is -0.794. The smallest absolute Gasteiger partial charge is 0.251 e. The second-order valence-corrected chi connectivity index (χ2v) is 8.89. The van der Waals surface area contributed by atoms with Crippen LogP contribution in [0.4, 0.5) is 5.82 Å². The van der Waals surface area contributed by atoms with Gasteiger partial charge in [0.1, 0.15) is 11.0 Å². The monoisotopic (exact) mass is 454 g/mol. The first-order valence-electron chi connectivity index (χ1n) is 11.1. The fourth-order valence-corrected chi connectivity index (χ4v) is 4.28. The van der Waals surface area contributed by atoms with Gasteiger partial charge >= 0.3 is 0 Å². The number of aromatic nitrogens is 4. The number of nitrogens with zero attached hydrogens (tertiary/aromatic N) is 4. The van der Waals surface area contributed by atoms with E-state index in [4.69, 9.17) is 15.1 Å². The minimum Gasteiger partial charge on any atom is -0.418 e. The van der Waals surface area contributed by atoms with Crippen molar-refractivity contribution in [2.45, 2.75) is 25.3 Å². The van der Waals surface area contributed by atoms with Gasteiger partial charge in [0.15, 0.2) is 17.1 Å². The highest BCUT2D eigenvalue weighted by molar-refractivity contribution is 6.03. The summed E-state index contributed by atoms with van der Waals surface area (Å²) in [5, 5.41) is 3.06. The maximum atomic E-state index is 13.4. The summed E-state index contributed by atoms with van der Waals surface area (Å²) in [7, 11) is 3.70. The molecule has 1 atom stereocenters. The lowest BCUT2D eigenvalue weighted by molar-refractivity contribution is -0.124. The molecular weight excluding hydrogens is 428 g/mol. The van der Waals surface area contributed by atoms with E-state index in [1.165, 1.54) is 0 Å². The molecule has 3 heterocycles. The molecule has 3 N–H and O–H groups in total. The van der Waals surface area contributed by atoms with E-state index in [1.807, 2.05) is 80.1 Å². The van der Waals surface area contributed by atoms with Crippen molar-refractivity contribution in [3.05, 3.63) is 72.1 Å². The van der Waals surface area contributed by atoms with Crippen molar-refractivity contribution in [1.29, 1.82) is 0 Å². The summed E-state index contributed by atoms with van der Waals surface area (Å²) in [5.74, 6) is 0.961. The van der Waals surface area contributed by atoms with Crippen LogP contribution in [0.3, 0.4) is 0 Å². The van der Waals surface area contributed by atoms with Crippen molar-refractivity contribution in [3.63, 3.8) is 0 Å². The lowest BCUT2D eigenvalue weighted by Gasteiger charge is -2.27. The Balaban J connectivity index is 1.54. The molecule has 0 aliphatic rings. The number of rotatable bonds is 6. The summed E-state index contributed by atoms with van der Waals surface area (Å²) >= 11 is 0. The molecule has 0 saturated carbocycles. The molecule has 0 saturated heterocycles. The Labute approximate surface area is 196 Å². The number of nitrogens with one attached hydrogen (secondary N) is 1. The number of carbonyl (C=O) groups excluding carboxylic acids is 1. The zero-order valence-corrected chi connectivity index (χ0v) is 19.5. The lowest BCUT2D eigenvalue weighted by atomic mass is 9.76. The average molecular weight is 455 g/mol. The number of nitrogens with two attached hydrogens (primary N) is 1. The Bertz CT molecular complexity index is 1520. The molecule has 0 spiro atoms. The third kappa shape index (κ3) is 3.43. The van der Waals surface area contributed by atoms with Gasteiger partial charge < -0.3 is 20.0 Å². The quantitative estimate of drug-likeness (QED) is 0.392. The molecule has 5 rings (SSSR count). The van der Waals surface area contributed by atoms with E-state index >= 15 is 0 Å². The number of anilines is 1. The molecule has 5 aromatic rings. The molecule has 0 aliphatic carbocycles. The normalized spacial score (nSPS) is 12.9. The SMILES string of the molecule is CNc1nc2oc(-c3cccc(C(N)C(=O)C(C)(C)c4ccccc4)c3)nc2c2c1ncn2C. The maximum absolute atomic E-state index is 13.4. The van der Waals surface area contributed by atoms with Gasteiger partial charge in [-0.2, -0.15) is 4.98 Å². The van der Waals surface area contributed by atoms with Crippen LogP contribution in [0.2, 0.25) is 0 Å². The zero-order chi connectivity index (χ0) is 24.0. The van der Waals surface area contributed by atoms with Gasteiger partial charge in [0.2, 0.25) is 5.89 Å². The molecule has 3 aromatic heterocycles. The van der Waals surface area contributed by atoms with Gasteiger partial charge in [0, 0.05) is 19.7 Å². The fourth-order valence-electron chi connectivity index (χ4n) is 4.28. The molecule has 0 amide bonds. The van der Waals surface area contributed by atoms with Gasteiger partial charge in [-0.3, -0.25) is 4.79 Å². The van der Waals surface area contributed by atoms with Crippen LogP contribution in [0.5, 0.6) is 0 Å². The summed E-state index contributed by atoms with van der Waals surface area (Å²) < 4.78 is 7.92. The van der Waals surface area contributed by atoms with E-state index in [-0.39, 0.29) is 5.78 Å². The Morgan fingerprint density at radius 1 is 1.09 bits per heavy atom. The van der Waals surface area contributed by atoms with E-state index in [0.717, 1.165) is 22.2 Å². The maximum Gasteiger partial charge on any atom is 0.251 e. The van der Waals surface area contributed by atoms with E-state index in [0.29, 0.717) is 28.5 Å². The predicted molar refractivity (Wildman–Crippen MR) is 132 cm³/mol. The average Bonchev–Trinajstić information content (AvgIpc) is 3.46. The van der Waals surface area contributed by atoms with Crippen LogP contribution in [-0.4, -0.2) is 32.3 Å². The zero-order valence-electron chi connectivity index (χ0n) is 19.5. The van der Waals surface area contributed by atoms with E-state index in [1.54, 1.807) is 13.4 Å². The van der Waals surface area contributed by atoms with Crippen molar-refractivity contribution >= 4 is 33.9 Å². The highest BCUT2D eigenvalue weighted by Crippen LogP contribution is 2.33. The van der Waals surface area contributed by atoms with Gasteiger partial charge in [-0.1, -0.05) is 42.5 Å². The molecule has 0 aliphatic heterocycles. The van der Waals surface area contributed by atoms with Crippen molar-refractivity contribution in [2.75, 3.05) is 12.4 Å². The number of Topliss-reactive ketones (excluding diaryl/α,β-unsaturated/α-hetero) is 1. The molecule has 2 aromatic carbocycles. The standard InChI is InChI=1S/C26H26N6O2/c1-26(2,17-11-6-5-7-12-17)22(33)18(27)15-9-8-10-16(13-15)24-30-20-21-19(29-14-32(21)4)23(28-3)31-25(20)34-24/h5-14,18H,27H2,1-4H3,(H,28,31). The van der Waals surface area contributed by atoms with Crippen molar-refractivity contribution < 1.29 is 9.21 Å². The number of aryl methyl sites for hydroxylation is 1. The van der Waals surface area contributed by atoms with E-state index in [2.05, 4.69) is 15.3 Å². The minimum absolute atomic E-state index is 0.0645. The van der Waals surface area contributed by atoms with Crippen LogP contribution in [0.1, 0.15) is 31.0 Å². The highest BCUT2D eigenvalue weighted by Gasteiger charge is 2.34. The number of imidazole rings is 1. The van der Waals surface area contributed by atoms with Crippen molar-refractivity contribution in [3.8, 4) is 11.5 Å². The summed E-state index contributed by atoms with van der Waals surface area (Å²) in [4.78, 5) is 27.1. The van der Waals surface area contributed by atoms with Crippen LogP contribution >= 0.6 is 0 Å². The van der Waals surface area contributed by atoms with Gasteiger partial charge in [-0.25, -0.2) is 9.97 Å². The molecule has 0 fully saturated rings. The van der Waals surface area contributed by atoms with Crippen LogP contribution in [0, 0.1) is 0 Å². The molecule has 8 nitrogen and oxygen atoms in total. The second kappa shape index (κ2) is 8.07. The predicted octanol–water partition coefficient (Wildman–Crippen LogP) is 4.36. The van der Waals surface area contributed by atoms with Crippen LogP contribution in [0.25, 0.3) is 33.7 Å². The first-order valence-corrected chi connectivity index (χ1v) is 11.1. The number of hydrogen-bond donors (Lipinski definition) is 2. The topological polar surface area (TPSA) is 112 Å². The third-order valence-corrected chi connectivity index (χ3v) is 6.33. The molecule has 0 radical (unpaired) electrons.